The zero-order chi connectivity index (χ0) is 18.2. The molecule has 1 aliphatic rings. The number of nitrogens with one attached hydrogen (secondary N) is 1. The third-order valence-corrected chi connectivity index (χ3v) is 4.73. The van der Waals surface area contributed by atoms with Crippen LogP contribution in [0, 0.1) is 5.21 Å². The predicted molar refractivity (Wildman–Crippen MR) is 89.0 cm³/mol. The van der Waals surface area contributed by atoms with Crippen molar-refractivity contribution >= 4 is 52.2 Å². The minimum Gasteiger partial charge on any atom is -0.625 e. The van der Waals surface area contributed by atoms with Gasteiger partial charge in [0.25, 0.3) is 0 Å². The largest absolute Gasteiger partial charge is 0.625 e. The summed E-state index contributed by atoms with van der Waals surface area (Å²) >= 11 is 22.7. The van der Waals surface area contributed by atoms with Crippen molar-refractivity contribution in [2.24, 2.45) is 4.99 Å². The molecule has 1 saturated heterocycles. The lowest BCUT2D eigenvalue weighted by atomic mass is 10.1. The van der Waals surface area contributed by atoms with Crippen molar-refractivity contribution < 1.29 is 17.8 Å². The van der Waals surface area contributed by atoms with Gasteiger partial charge in [0, 0.05) is 5.56 Å². The van der Waals surface area contributed by atoms with Crippen LogP contribution in [0.4, 0.5) is 13.2 Å². The van der Waals surface area contributed by atoms with Crippen molar-refractivity contribution in [1.29, 1.82) is 0 Å². The van der Waals surface area contributed by atoms with Gasteiger partial charge in [-0.1, -0.05) is 58.5 Å². The molecule has 134 valence electrons. The lowest BCUT2D eigenvalue weighted by Gasteiger charge is -2.37. The number of aliphatic imine (C=N–C) groups is 1. The number of alkyl halides is 7. The van der Waals surface area contributed by atoms with E-state index < -0.39 is 25.7 Å². The van der Waals surface area contributed by atoms with Gasteiger partial charge in [0.05, 0.1) is 12.1 Å². The zero-order valence-electron chi connectivity index (χ0n) is 12.0. The van der Waals surface area contributed by atoms with Crippen molar-refractivity contribution in [1.82, 2.24) is 5.32 Å². The average molecular weight is 425 g/mol. The minimum absolute atomic E-state index is 0.0544. The molecule has 1 aromatic rings. The molecule has 0 radical (unpaired) electrons. The fourth-order valence-corrected chi connectivity index (χ4v) is 2.49. The van der Waals surface area contributed by atoms with Crippen LogP contribution in [0.3, 0.4) is 0 Å². The molecular formula is C13H12Cl4F3N3O. The highest BCUT2D eigenvalue weighted by Crippen LogP contribution is 2.35. The minimum atomic E-state index is -4.49. The molecule has 1 heterocycles. The summed E-state index contributed by atoms with van der Waals surface area (Å²) in [6.45, 7) is -0.218. The molecule has 11 heteroatoms. The van der Waals surface area contributed by atoms with Crippen molar-refractivity contribution in [3.63, 3.8) is 0 Å². The molecule has 0 aliphatic carbocycles. The summed E-state index contributed by atoms with van der Waals surface area (Å²) in [7, 11) is 0. The third-order valence-electron chi connectivity index (χ3n) is 3.35. The summed E-state index contributed by atoms with van der Waals surface area (Å²) in [6.07, 6.45) is -4.49. The Morgan fingerprint density at radius 3 is 2.54 bits per heavy atom. The zero-order valence-corrected chi connectivity index (χ0v) is 15.0. The second-order valence-corrected chi connectivity index (χ2v) is 8.04. The summed E-state index contributed by atoms with van der Waals surface area (Å²) in [5.74, 6) is 0.0544. The maximum absolute atomic E-state index is 12.9. The molecule has 0 saturated carbocycles. The van der Waals surface area contributed by atoms with Crippen LogP contribution >= 0.6 is 46.4 Å². The van der Waals surface area contributed by atoms with E-state index in [1.165, 1.54) is 12.1 Å². The number of benzene rings is 1. The van der Waals surface area contributed by atoms with Gasteiger partial charge in [0.15, 0.2) is 5.50 Å². The van der Waals surface area contributed by atoms with Crippen LogP contribution in [-0.2, 0) is 12.7 Å². The van der Waals surface area contributed by atoms with E-state index in [0.717, 1.165) is 12.1 Å². The normalized spacial score (nSPS) is 25.2. The molecule has 0 spiro atoms. The van der Waals surface area contributed by atoms with Crippen LogP contribution in [0.5, 0.6) is 0 Å². The highest BCUT2D eigenvalue weighted by atomic mass is 35.6. The number of halogens is 7. The third kappa shape index (κ3) is 4.88. The Bertz CT molecular complexity index is 636. The molecular weight excluding hydrogens is 413 g/mol. The number of amidine groups is 1. The van der Waals surface area contributed by atoms with Crippen molar-refractivity contribution in [3.05, 3.63) is 40.6 Å². The van der Waals surface area contributed by atoms with Gasteiger partial charge in [0.2, 0.25) is 9.63 Å². The Morgan fingerprint density at radius 1 is 1.29 bits per heavy atom. The summed E-state index contributed by atoms with van der Waals surface area (Å²) in [5.41, 5.74) is -1.89. The van der Waals surface area contributed by atoms with Gasteiger partial charge in [-0.25, -0.2) is 4.99 Å². The average Bonchev–Trinajstić information content (AvgIpc) is 2.78. The molecule has 0 amide bonds. The Balaban J connectivity index is 2.26. The van der Waals surface area contributed by atoms with Crippen molar-refractivity contribution in [3.8, 4) is 0 Å². The number of hydrogen-bond donors (Lipinski definition) is 1. The SMILES string of the molecule is [O-][N+]1(Cc2cccc(C(F)(F)F)c2)CNCC1=NC(Cl)C(Cl)(Cl)Cl. The van der Waals surface area contributed by atoms with Gasteiger partial charge in [-0.3, -0.25) is 9.96 Å². The summed E-state index contributed by atoms with van der Waals surface area (Å²) in [5, 5.41) is 15.7. The fraction of sp³-hybridized carbons (Fsp3) is 0.462. The standard InChI is InChI=1S/C13H12Cl4F3N3O/c14-11(12(15,16)17)22-10-5-21-7-23(10,24)6-8-2-1-3-9(4-8)13(18,19)20/h1-4,11,21H,5-7H2. The maximum Gasteiger partial charge on any atom is 0.416 e. The van der Waals surface area contributed by atoms with E-state index in [-0.39, 0.29) is 31.2 Å². The smallest absolute Gasteiger partial charge is 0.416 e. The number of rotatable bonds is 3. The fourth-order valence-electron chi connectivity index (χ4n) is 2.23. The highest BCUT2D eigenvalue weighted by Gasteiger charge is 2.37. The Morgan fingerprint density at radius 2 is 1.96 bits per heavy atom. The summed E-state index contributed by atoms with van der Waals surface area (Å²) in [4.78, 5) is 3.93. The van der Waals surface area contributed by atoms with Gasteiger partial charge in [-0.15, -0.1) is 0 Å². The van der Waals surface area contributed by atoms with Gasteiger partial charge < -0.3 is 5.21 Å². The molecule has 1 fully saturated rings. The first-order valence-electron chi connectivity index (χ1n) is 6.65. The van der Waals surface area contributed by atoms with E-state index in [9.17, 15) is 18.4 Å². The molecule has 1 aromatic carbocycles. The number of hydroxylamine groups is 3. The van der Waals surface area contributed by atoms with E-state index >= 15 is 0 Å². The van der Waals surface area contributed by atoms with Crippen LogP contribution in [-0.4, -0.2) is 33.0 Å². The van der Waals surface area contributed by atoms with E-state index in [4.69, 9.17) is 46.4 Å². The summed E-state index contributed by atoms with van der Waals surface area (Å²) in [6, 6.07) is 4.56. The summed E-state index contributed by atoms with van der Waals surface area (Å²) < 4.78 is 35.4. The first-order valence-corrected chi connectivity index (χ1v) is 8.22. The quantitative estimate of drug-likeness (QED) is 0.338. The lowest BCUT2D eigenvalue weighted by Crippen LogP contribution is -2.44. The second kappa shape index (κ2) is 7.15. The van der Waals surface area contributed by atoms with Crippen LogP contribution < -0.4 is 5.32 Å². The molecule has 2 rings (SSSR count). The molecule has 1 N–H and O–H groups in total. The molecule has 24 heavy (non-hydrogen) atoms. The Labute approximate surface area is 156 Å². The second-order valence-electron chi connectivity index (χ2n) is 5.25. The molecule has 2 atom stereocenters. The molecule has 1 aliphatic heterocycles. The first kappa shape index (κ1) is 20.0. The molecule has 0 aromatic heterocycles. The molecule has 0 bridgehead atoms. The van der Waals surface area contributed by atoms with Gasteiger partial charge >= 0.3 is 6.18 Å². The maximum atomic E-state index is 12.9. The van der Waals surface area contributed by atoms with Crippen LogP contribution in [0.25, 0.3) is 0 Å². The van der Waals surface area contributed by atoms with E-state index in [0.29, 0.717) is 0 Å². The van der Waals surface area contributed by atoms with Gasteiger partial charge in [-0.2, -0.15) is 13.2 Å². The number of hydrogen-bond acceptors (Lipinski definition) is 3. The monoisotopic (exact) mass is 423 g/mol. The Kier molecular flexibility index (Phi) is 5.97. The first-order chi connectivity index (χ1) is 10.9. The predicted octanol–water partition coefficient (Wildman–Crippen LogP) is 4.41. The Hall–Kier alpha value is -0.280. The lowest BCUT2D eigenvalue weighted by molar-refractivity contribution is -0.799. The van der Waals surface area contributed by atoms with Gasteiger partial charge in [0.1, 0.15) is 13.2 Å². The van der Waals surface area contributed by atoms with E-state index in [2.05, 4.69) is 10.3 Å². The van der Waals surface area contributed by atoms with Crippen molar-refractivity contribution in [2.75, 3.05) is 13.2 Å². The van der Waals surface area contributed by atoms with E-state index in [1.54, 1.807) is 0 Å². The van der Waals surface area contributed by atoms with Crippen LogP contribution in [0.2, 0.25) is 0 Å². The van der Waals surface area contributed by atoms with E-state index in [1.807, 2.05) is 0 Å². The van der Waals surface area contributed by atoms with Gasteiger partial charge in [-0.05, 0) is 12.1 Å². The van der Waals surface area contributed by atoms with Crippen LogP contribution in [0.15, 0.2) is 29.3 Å². The van der Waals surface area contributed by atoms with Crippen LogP contribution in [0.1, 0.15) is 11.1 Å². The number of nitrogens with zero attached hydrogens (tertiary/aromatic N) is 2. The van der Waals surface area contributed by atoms with Crippen molar-refractivity contribution in [2.45, 2.75) is 22.0 Å². The topological polar surface area (TPSA) is 47.4 Å². The molecule has 4 nitrogen and oxygen atoms in total. The number of quaternary nitrogens is 1. The highest BCUT2D eigenvalue weighted by molar-refractivity contribution is 6.70. The molecule has 2 unspecified atom stereocenters.